The summed E-state index contributed by atoms with van der Waals surface area (Å²) in [7, 11) is 0. The molecule has 5 rings (SSSR count). The smallest absolute Gasteiger partial charge is 0.225 e. The van der Waals surface area contributed by atoms with Crippen LogP contribution in [-0.2, 0) is 9.59 Å². The van der Waals surface area contributed by atoms with Crippen molar-refractivity contribution in [2.24, 2.45) is 5.92 Å². The van der Waals surface area contributed by atoms with Crippen LogP contribution < -0.4 is 4.74 Å². The average Bonchev–Trinajstić information content (AvgIpc) is 3.33. The molecule has 1 aromatic heterocycles. The maximum absolute atomic E-state index is 13.1. The third-order valence-electron chi connectivity index (χ3n) is 6.99. The number of ether oxygens (including phenoxy) is 1. The third kappa shape index (κ3) is 5.25. The number of thiazole rings is 1. The highest BCUT2D eigenvalue weighted by molar-refractivity contribution is 7.18. The van der Waals surface area contributed by atoms with Gasteiger partial charge in [0.2, 0.25) is 11.8 Å². The van der Waals surface area contributed by atoms with Crippen molar-refractivity contribution in [3.63, 3.8) is 0 Å². The van der Waals surface area contributed by atoms with E-state index < -0.39 is 0 Å². The summed E-state index contributed by atoms with van der Waals surface area (Å²) in [5.41, 5.74) is 1.08. The molecule has 0 radical (unpaired) electrons. The number of likely N-dealkylation sites (tertiary alicyclic amines) is 2. The minimum atomic E-state index is 0.0311. The largest absolute Gasteiger partial charge is 0.493 e. The molecule has 0 bridgehead atoms. The Morgan fingerprint density at radius 3 is 2.29 bits per heavy atom. The number of nitrogens with zero attached hydrogens (tertiary/aromatic N) is 3. The zero-order chi connectivity index (χ0) is 23.3. The number of para-hydroxylation sites is 2. The van der Waals surface area contributed by atoms with Crippen LogP contribution in [0.5, 0.6) is 5.75 Å². The molecule has 0 unspecified atom stereocenters. The first-order valence-corrected chi connectivity index (χ1v) is 13.1. The fraction of sp³-hybridized carbons (Fsp3) is 0.444. The quantitative estimate of drug-likeness (QED) is 0.516. The molecule has 2 amide bonds. The summed E-state index contributed by atoms with van der Waals surface area (Å²) in [6.07, 6.45) is 3.82. The average molecular weight is 478 g/mol. The second-order valence-electron chi connectivity index (χ2n) is 9.19. The lowest BCUT2D eigenvalue weighted by molar-refractivity contribution is -0.141. The maximum atomic E-state index is 13.1. The number of fused-ring (bicyclic) bond motifs is 1. The number of carbonyl (C=O) groups is 2. The minimum Gasteiger partial charge on any atom is -0.493 e. The zero-order valence-corrected chi connectivity index (χ0v) is 20.2. The van der Waals surface area contributed by atoms with E-state index in [1.165, 1.54) is 9.71 Å². The highest BCUT2D eigenvalue weighted by Crippen LogP contribution is 2.34. The lowest BCUT2D eigenvalue weighted by Gasteiger charge is -2.37. The highest BCUT2D eigenvalue weighted by atomic mass is 32.1. The van der Waals surface area contributed by atoms with Crippen molar-refractivity contribution in [3.05, 3.63) is 59.6 Å². The Balaban J connectivity index is 1.05. The van der Waals surface area contributed by atoms with Gasteiger partial charge in [0.25, 0.3) is 0 Å². The number of piperidine rings is 2. The molecule has 3 heterocycles. The van der Waals surface area contributed by atoms with Crippen molar-refractivity contribution >= 4 is 33.4 Å². The summed E-state index contributed by atoms with van der Waals surface area (Å²) in [5, 5.41) is 1.20. The van der Waals surface area contributed by atoms with Crippen LogP contribution >= 0.6 is 11.3 Å². The van der Waals surface area contributed by atoms with Crippen molar-refractivity contribution in [1.82, 2.24) is 14.8 Å². The van der Waals surface area contributed by atoms with Crippen LogP contribution in [0.3, 0.4) is 0 Å². The first-order valence-electron chi connectivity index (χ1n) is 12.3. The van der Waals surface area contributed by atoms with Crippen molar-refractivity contribution in [2.75, 3.05) is 32.8 Å². The predicted octanol–water partition coefficient (Wildman–Crippen LogP) is 4.71. The molecule has 2 aliphatic heterocycles. The molecule has 0 atom stereocenters. The summed E-state index contributed by atoms with van der Waals surface area (Å²) in [6.45, 7) is 3.29. The van der Waals surface area contributed by atoms with Crippen LogP contribution in [0.2, 0.25) is 0 Å². The normalized spacial score (nSPS) is 17.8. The van der Waals surface area contributed by atoms with Gasteiger partial charge in [-0.25, -0.2) is 4.98 Å². The molecule has 6 nitrogen and oxygen atoms in total. The molecule has 0 aliphatic carbocycles. The number of benzene rings is 2. The molecular weight excluding hydrogens is 446 g/mol. The van der Waals surface area contributed by atoms with Crippen molar-refractivity contribution in [3.8, 4) is 5.75 Å². The van der Waals surface area contributed by atoms with Crippen LogP contribution in [0.1, 0.15) is 43.0 Å². The molecule has 2 aromatic carbocycles. The standard InChI is InChI=1S/C27H31N3O3S/c31-25(14-19-33-22-6-2-1-3-7-22)29-15-12-21(13-16-29)27(32)30-17-10-20(11-18-30)26-28-23-8-4-5-9-24(23)34-26/h1-9,20-21H,10-19H2. The molecule has 0 N–H and O–H groups in total. The molecule has 2 aliphatic rings. The van der Waals surface area contributed by atoms with Gasteiger partial charge >= 0.3 is 0 Å². The van der Waals surface area contributed by atoms with Crippen LogP contribution in [0.15, 0.2) is 54.6 Å². The summed E-state index contributed by atoms with van der Waals surface area (Å²) in [5.74, 6) is 1.63. The van der Waals surface area contributed by atoms with Gasteiger partial charge in [-0.15, -0.1) is 11.3 Å². The van der Waals surface area contributed by atoms with Gasteiger partial charge in [-0.2, -0.15) is 0 Å². The Morgan fingerprint density at radius 2 is 1.56 bits per heavy atom. The number of hydrogen-bond donors (Lipinski definition) is 0. The Kier molecular flexibility index (Phi) is 7.09. The maximum Gasteiger partial charge on any atom is 0.225 e. The fourth-order valence-electron chi connectivity index (χ4n) is 4.98. The molecule has 34 heavy (non-hydrogen) atoms. The van der Waals surface area contributed by atoms with E-state index in [0.717, 1.165) is 50.0 Å². The number of hydrogen-bond acceptors (Lipinski definition) is 5. The lowest BCUT2D eigenvalue weighted by Crippen LogP contribution is -2.46. The van der Waals surface area contributed by atoms with Gasteiger partial charge < -0.3 is 14.5 Å². The number of rotatable bonds is 6. The Bertz CT molecular complexity index is 1080. The summed E-state index contributed by atoms with van der Waals surface area (Å²) in [4.78, 5) is 34.4. The van der Waals surface area contributed by atoms with Gasteiger partial charge in [0.05, 0.1) is 28.3 Å². The fourth-order valence-corrected chi connectivity index (χ4v) is 6.11. The van der Waals surface area contributed by atoms with Gasteiger partial charge in [-0.05, 0) is 49.9 Å². The SMILES string of the molecule is O=C(CCOc1ccccc1)N1CCC(C(=O)N2CCC(c3nc4ccccc4s3)CC2)CC1. The van der Waals surface area contributed by atoms with E-state index in [0.29, 0.717) is 32.0 Å². The molecule has 0 saturated carbocycles. The van der Waals surface area contributed by atoms with Gasteiger partial charge in [-0.1, -0.05) is 30.3 Å². The molecular formula is C27H31N3O3S. The van der Waals surface area contributed by atoms with Crippen molar-refractivity contribution in [1.29, 1.82) is 0 Å². The summed E-state index contributed by atoms with van der Waals surface area (Å²) in [6, 6.07) is 17.9. The monoisotopic (exact) mass is 477 g/mol. The molecule has 3 aromatic rings. The van der Waals surface area contributed by atoms with Crippen LogP contribution in [0.25, 0.3) is 10.2 Å². The number of amides is 2. The molecule has 178 valence electrons. The van der Waals surface area contributed by atoms with E-state index in [-0.39, 0.29) is 17.7 Å². The Morgan fingerprint density at radius 1 is 0.882 bits per heavy atom. The van der Waals surface area contributed by atoms with E-state index in [1.807, 2.05) is 46.2 Å². The third-order valence-corrected chi connectivity index (χ3v) is 8.19. The van der Waals surface area contributed by atoms with Gasteiger partial charge in [-0.3, -0.25) is 9.59 Å². The first-order chi connectivity index (χ1) is 16.7. The Labute approximate surface area is 204 Å². The van der Waals surface area contributed by atoms with Crippen LogP contribution in [0.4, 0.5) is 0 Å². The molecule has 7 heteroatoms. The second-order valence-corrected chi connectivity index (χ2v) is 10.2. The second kappa shape index (κ2) is 10.6. The van der Waals surface area contributed by atoms with Crippen LogP contribution in [-0.4, -0.2) is 59.4 Å². The topological polar surface area (TPSA) is 62.7 Å². The molecule has 2 fully saturated rings. The zero-order valence-electron chi connectivity index (χ0n) is 19.4. The van der Waals surface area contributed by atoms with Gasteiger partial charge in [0.15, 0.2) is 0 Å². The number of carbonyl (C=O) groups excluding carboxylic acids is 2. The summed E-state index contributed by atoms with van der Waals surface area (Å²) >= 11 is 1.79. The van der Waals surface area contributed by atoms with Crippen molar-refractivity contribution < 1.29 is 14.3 Å². The minimum absolute atomic E-state index is 0.0311. The Hall–Kier alpha value is -2.93. The van der Waals surface area contributed by atoms with Gasteiger partial charge in [0, 0.05) is 38.0 Å². The van der Waals surface area contributed by atoms with Crippen molar-refractivity contribution in [2.45, 2.75) is 38.0 Å². The van der Waals surface area contributed by atoms with E-state index in [9.17, 15) is 9.59 Å². The van der Waals surface area contributed by atoms with E-state index >= 15 is 0 Å². The first kappa shape index (κ1) is 22.8. The van der Waals surface area contributed by atoms with E-state index in [1.54, 1.807) is 11.3 Å². The lowest BCUT2D eigenvalue weighted by atomic mass is 9.92. The van der Waals surface area contributed by atoms with E-state index in [4.69, 9.17) is 9.72 Å². The predicted molar refractivity (Wildman–Crippen MR) is 134 cm³/mol. The molecule has 0 spiro atoms. The highest BCUT2D eigenvalue weighted by Gasteiger charge is 2.32. The van der Waals surface area contributed by atoms with Crippen LogP contribution in [0, 0.1) is 5.92 Å². The number of aromatic nitrogens is 1. The molecule has 2 saturated heterocycles. The van der Waals surface area contributed by atoms with Gasteiger partial charge in [0.1, 0.15) is 5.75 Å². The van der Waals surface area contributed by atoms with E-state index in [2.05, 4.69) is 18.2 Å². The summed E-state index contributed by atoms with van der Waals surface area (Å²) < 4.78 is 6.89.